The number of aryl methyl sites for hydroxylation is 1. The molecule has 1 N–H and O–H groups in total. The third-order valence-corrected chi connectivity index (χ3v) is 7.09. The van der Waals surface area contributed by atoms with Crippen molar-refractivity contribution in [2.24, 2.45) is 0 Å². The lowest BCUT2D eigenvalue weighted by atomic mass is 10.1. The van der Waals surface area contributed by atoms with E-state index in [4.69, 9.17) is 9.47 Å². The number of halogens is 1. The summed E-state index contributed by atoms with van der Waals surface area (Å²) in [5.41, 5.74) is 0.900. The third kappa shape index (κ3) is 5.48. The first-order valence-electron chi connectivity index (χ1n) is 10.4. The standard InChI is InChI=1S/C22H27FN2O7S/c1-6-25(7-2)33(29,30)18-11-15(9-10-16(18)23)21(27)32-12-17(26)20-13(4)19(14(5)24-20)22(28)31-8-3/h9-11,24H,6-8,12H2,1-5H3. The molecule has 0 saturated carbocycles. The lowest BCUT2D eigenvalue weighted by Gasteiger charge is -2.19. The Morgan fingerprint density at radius 1 is 1.03 bits per heavy atom. The van der Waals surface area contributed by atoms with E-state index in [-0.39, 0.29) is 36.5 Å². The van der Waals surface area contributed by atoms with Gasteiger partial charge in [-0.1, -0.05) is 13.8 Å². The highest BCUT2D eigenvalue weighted by atomic mass is 32.2. The zero-order valence-electron chi connectivity index (χ0n) is 19.2. The second-order valence-corrected chi connectivity index (χ2v) is 8.99. The van der Waals surface area contributed by atoms with Gasteiger partial charge in [-0.3, -0.25) is 4.79 Å². The Kier molecular flexibility index (Phi) is 8.51. The number of nitrogens with one attached hydrogen (secondary N) is 1. The van der Waals surface area contributed by atoms with Crippen LogP contribution in [0, 0.1) is 19.7 Å². The van der Waals surface area contributed by atoms with Gasteiger partial charge in [0, 0.05) is 18.8 Å². The molecular formula is C22H27FN2O7S. The Balaban J connectivity index is 2.22. The summed E-state index contributed by atoms with van der Waals surface area (Å²) in [5, 5.41) is 0. The van der Waals surface area contributed by atoms with Crippen LogP contribution in [0.2, 0.25) is 0 Å². The highest BCUT2D eigenvalue weighted by molar-refractivity contribution is 7.89. The van der Waals surface area contributed by atoms with Crippen LogP contribution >= 0.6 is 0 Å². The Morgan fingerprint density at radius 2 is 1.67 bits per heavy atom. The number of carbonyl (C=O) groups is 3. The van der Waals surface area contributed by atoms with Crippen LogP contribution < -0.4 is 0 Å². The van der Waals surface area contributed by atoms with Crippen molar-refractivity contribution >= 4 is 27.7 Å². The number of aromatic nitrogens is 1. The van der Waals surface area contributed by atoms with Crippen molar-refractivity contribution in [3.63, 3.8) is 0 Å². The van der Waals surface area contributed by atoms with Crippen LogP contribution in [0.15, 0.2) is 23.1 Å². The van der Waals surface area contributed by atoms with Crippen LogP contribution in [0.25, 0.3) is 0 Å². The summed E-state index contributed by atoms with van der Waals surface area (Å²) in [4.78, 5) is 39.2. The number of sulfonamides is 1. The van der Waals surface area contributed by atoms with Gasteiger partial charge in [-0.05, 0) is 44.5 Å². The summed E-state index contributed by atoms with van der Waals surface area (Å²) in [6, 6.07) is 2.82. The summed E-state index contributed by atoms with van der Waals surface area (Å²) >= 11 is 0. The van der Waals surface area contributed by atoms with Gasteiger partial charge in [-0.15, -0.1) is 0 Å². The molecule has 0 atom stereocenters. The molecule has 180 valence electrons. The molecule has 0 aliphatic heterocycles. The molecule has 0 saturated heterocycles. The van der Waals surface area contributed by atoms with E-state index in [9.17, 15) is 27.2 Å². The molecule has 0 aliphatic carbocycles. The van der Waals surface area contributed by atoms with Gasteiger partial charge in [0.05, 0.1) is 23.4 Å². The van der Waals surface area contributed by atoms with Gasteiger partial charge in [0.1, 0.15) is 10.7 Å². The first kappa shape index (κ1) is 26.2. The molecule has 0 amide bonds. The average Bonchev–Trinajstić information content (AvgIpc) is 3.06. The first-order chi connectivity index (χ1) is 15.5. The van der Waals surface area contributed by atoms with Crippen LogP contribution in [-0.2, 0) is 19.5 Å². The topological polar surface area (TPSA) is 123 Å². The fourth-order valence-electron chi connectivity index (χ4n) is 3.36. The minimum Gasteiger partial charge on any atom is -0.462 e. The molecule has 0 bridgehead atoms. The number of H-pyrrole nitrogens is 1. The van der Waals surface area contributed by atoms with Crippen LogP contribution in [-0.4, -0.2) is 61.7 Å². The van der Waals surface area contributed by atoms with Crippen molar-refractivity contribution in [1.82, 2.24) is 9.29 Å². The Morgan fingerprint density at radius 3 is 2.24 bits per heavy atom. The second-order valence-electron chi connectivity index (χ2n) is 7.08. The minimum atomic E-state index is -4.15. The zero-order valence-corrected chi connectivity index (χ0v) is 20.0. The number of nitrogens with zero attached hydrogens (tertiary/aromatic N) is 1. The van der Waals surface area contributed by atoms with E-state index in [0.717, 1.165) is 22.5 Å². The van der Waals surface area contributed by atoms with Gasteiger partial charge in [0.15, 0.2) is 6.61 Å². The van der Waals surface area contributed by atoms with Crippen molar-refractivity contribution in [3.8, 4) is 0 Å². The molecule has 11 heteroatoms. The maximum Gasteiger partial charge on any atom is 0.340 e. The van der Waals surface area contributed by atoms with Crippen molar-refractivity contribution in [3.05, 3.63) is 52.1 Å². The fourth-order valence-corrected chi connectivity index (χ4v) is 4.90. The minimum absolute atomic E-state index is 0.0901. The van der Waals surface area contributed by atoms with Crippen molar-refractivity contribution in [2.75, 3.05) is 26.3 Å². The first-order valence-corrected chi connectivity index (χ1v) is 11.8. The normalized spacial score (nSPS) is 11.5. The van der Waals surface area contributed by atoms with E-state index in [1.165, 1.54) is 0 Å². The molecule has 0 radical (unpaired) electrons. The maximum atomic E-state index is 14.2. The van der Waals surface area contributed by atoms with Gasteiger partial charge in [0.25, 0.3) is 0 Å². The molecule has 33 heavy (non-hydrogen) atoms. The van der Waals surface area contributed by atoms with Gasteiger partial charge in [0.2, 0.25) is 15.8 Å². The number of hydrogen-bond donors (Lipinski definition) is 1. The Bertz CT molecular complexity index is 1170. The summed E-state index contributed by atoms with van der Waals surface area (Å²) in [7, 11) is -4.15. The molecule has 0 aliphatic rings. The Labute approximate surface area is 191 Å². The van der Waals surface area contributed by atoms with Crippen LogP contribution in [0.4, 0.5) is 4.39 Å². The number of Topliss-reactive ketones (excluding diaryl/α,β-unsaturated/α-hetero) is 1. The van der Waals surface area contributed by atoms with Gasteiger partial charge in [-0.2, -0.15) is 4.31 Å². The van der Waals surface area contributed by atoms with E-state index in [1.807, 2.05) is 0 Å². The van der Waals surface area contributed by atoms with Gasteiger partial charge in [-0.25, -0.2) is 22.4 Å². The second kappa shape index (κ2) is 10.7. The van der Waals surface area contributed by atoms with Crippen LogP contribution in [0.1, 0.15) is 63.2 Å². The smallest absolute Gasteiger partial charge is 0.340 e. The molecular weight excluding hydrogens is 455 g/mol. The van der Waals surface area contributed by atoms with Crippen molar-refractivity contribution in [1.29, 1.82) is 0 Å². The average molecular weight is 483 g/mol. The van der Waals surface area contributed by atoms with E-state index in [2.05, 4.69) is 4.98 Å². The molecule has 1 aromatic heterocycles. The van der Waals surface area contributed by atoms with Crippen molar-refractivity contribution in [2.45, 2.75) is 39.5 Å². The SMILES string of the molecule is CCOC(=O)c1c(C)[nH]c(C(=O)COC(=O)c2ccc(F)c(S(=O)(=O)N(CC)CC)c2)c1C. The lowest BCUT2D eigenvalue weighted by Crippen LogP contribution is -2.31. The number of rotatable bonds is 10. The summed E-state index contributed by atoms with van der Waals surface area (Å²) < 4.78 is 50.6. The molecule has 9 nitrogen and oxygen atoms in total. The van der Waals surface area contributed by atoms with E-state index in [1.54, 1.807) is 34.6 Å². The summed E-state index contributed by atoms with van der Waals surface area (Å²) in [6.07, 6.45) is 0. The van der Waals surface area contributed by atoms with E-state index < -0.39 is 45.1 Å². The fraction of sp³-hybridized carbons (Fsp3) is 0.409. The Hall–Kier alpha value is -3.05. The molecule has 2 aromatic rings. The quantitative estimate of drug-likeness (QED) is 0.408. The third-order valence-electron chi connectivity index (χ3n) is 5.02. The highest BCUT2D eigenvalue weighted by Crippen LogP contribution is 2.22. The molecule has 1 aromatic carbocycles. The number of carbonyl (C=O) groups excluding carboxylic acids is 3. The molecule has 0 unspecified atom stereocenters. The lowest BCUT2D eigenvalue weighted by molar-refractivity contribution is 0.0472. The van der Waals surface area contributed by atoms with Crippen LogP contribution in [0.3, 0.4) is 0 Å². The molecule has 1 heterocycles. The number of hydrogen-bond acceptors (Lipinski definition) is 7. The monoisotopic (exact) mass is 482 g/mol. The zero-order chi connectivity index (χ0) is 24.9. The predicted octanol–water partition coefficient (Wildman–Crippen LogP) is 3.02. The number of aromatic amines is 1. The molecule has 0 fully saturated rings. The van der Waals surface area contributed by atoms with Gasteiger partial charge >= 0.3 is 11.9 Å². The summed E-state index contributed by atoms with van der Waals surface area (Å²) in [6.45, 7) is 7.82. The largest absolute Gasteiger partial charge is 0.462 e. The number of ketones is 1. The summed E-state index contributed by atoms with van der Waals surface area (Å²) in [5.74, 6) is -3.17. The van der Waals surface area contributed by atoms with E-state index >= 15 is 0 Å². The number of benzene rings is 1. The molecule has 0 spiro atoms. The van der Waals surface area contributed by atoms with E-state index in [0.29, 0.717) is 11.3 Å². The highest BCUT2D eigenvalue weighted by Gasteiger charge is 2.27. The van der Waals surface area contributed by atoms with Crippen LogP contribution in [0.5, 0.6) is 0 Å². The molecule has 2 rings (SSSR count). The number of esters is 2. The van der Waals surface area contributed by atoms with Crippen molar-refractivity contribution < 1.29 is 36.7 Å². The van der Waals surface area contributed by atoms with Gasteiger partial charge < -0.3 is 14.5 Å². The predicted molar refractivity (Wildman–Crippen MR) is 117 cm³/mol. The maximum absolute atomic E-state index is 14.2. The number of ether oxygens (including phenoxy) is 2.